The van der Waals surface area contributed by atoms with Crippen molar-refractivity contribution in [3.63, 3.8) is 0 Å². The van der Waals surface area contributed by atoms with Gasteiger partial charge in [0.2, 0.25) is 17.7 Å². The largest absolute Gasteiger partial charge is 0.414 e. The van der Waals surface area contributed by atoms with E-state index in [1.807, 2.05) is 13.8 Å². The van der Waals surface area contributed by atoms with Crippen molar-refractivity contribution in [1.82, 2.24) is 20.9 Å². The molecule has 0 spiro atoms. The van der Waals surface area contributed by atoms with E-state index in [2.05, 4.69) is 16.0 Å². The molecular weight excluding hydrogens is 458 g/mol. The maximum atomic E-state index is 13.1. The summed E-state index contributed by atoms with van der Waals surface area (Å²) in [6.07, 6.45) is -0.540. The summed E-state index contributed by atoms with van der Waals surface area (Å²) in [6, 6.07) is 3.54. The molecule has 1 aliphatic rings. The van der Waals surface area contributed by atoms with Crippen LogP contribution in [0.15, 0.2) is 24.3 Å². The van der Waals surface area contributed by atoms with E-state index in [1.54, 1.807) is 13.8 Å². The lowest BCUT2D eigenvalue weighted by molar-refractivity contribution is -0.384. The number of nitro groups is 1. The van der Waals surface area contributed by atoms with Crippen molar-refractivity contribution in [3.8, 4) is 5.75 Å². The van der Waals surface area contributed by atoms with E-state index in [4.69, 9.17) is 4.74 Å². The fourth-order valence-electron chi connectivity index (χ4n) is 3.73. The Kier molecular flexibility index (Phi) is 9.55. The Hall–Kier alpha value is -3.70. The summed E-state index contributed by atoms with van der Waals surface area (Å²) in [5.74, 6) is -1.33. The Morgan fingerprint density at radius 2 is 1.66 bits per heavy atom. The summed E-state index contributed by atoms with van der Waals surface area (Å²) < 4.78 is 5.16. The van der Waals surface area contributed by atoms with Crippen LogP contribution in [0.1, 0.15) is 47.5 Å². The van der Waals surface area contributed by atoms with Crippen molar-refractivity contribution in [1.29, 1.82) is 0 Å². The van der Waals surface area contributed by atoms with E-state index in [0.717, 1.165) is 0 Å². The molecule has 1 aliphatic heterocycles. The average molecular weight is 492 g/mol. The summed E-state index contributed by atoms with van der Waals surface area (Å²) in [4.78, 5) is 61.8. The van der Waals surface area contributed by atoms with Crippen LogP contribution in [0.5, 0.6) is 5.75 Å². The van der Waals surface area contributed by atoms with Crippen LogP contribution in [0.25, 0.3) is 0 Å². The maximum Gasteiger partial charge on any atom is 0.414 e. The molecule has 0 saturated carbocycles. The van der Waals surface area contributed by atoms with E-state index in [-0.39, 0.29) is 35.1 Å². The zero-order valence-corrected chi connectivity index (χ0v) is 20.6. The van der Waals surface area contributed by atoms with E-state index in [0.29, 0.717) is 19.4 Å². The Bertz CT molecular complexity index is 948. The summed E-state index contributed by atoms with van der Waals surface area (Å²) in [7, 11) is 0. The zero-order valence-electron chi connectivity index (χ0n) is 20.6. The number of likely N-dealkylation sites (tertiary alicyclic amines) is 1. The standard InChI is InChI=1S/C23H33N5O7/c1-13(2)19(24-15(5)29)22(31)27-12-6-7-18(27)21(30)25-20(14(3)4)26-23(32)35-17-10-8-16(9-11-17)28(33)34/h8-11,13-14,18-20H,6-7,12H2,1-5H3,(H,24,29)(H,25,30)(H,26,32)/t18-,19-,20+/m0/s1. The molecule has 1 aromatic rings. The van der Waals surface area contributed by atoms with Crippen molar-refractivity contribution in [2.45, 2.75) is 65.7 Å². The van der Waals surface area contributed by atoms with E-state index < -0.39 is 35.2 Å². The van der Waals surface area contributed by atoms with Crippen LogP contribution in [0, 0.1) is 22.0 Å². The predicted octanol–water partition coefficient (Wildman–Crippen LogP) is 1.93. The number of carbonyl (C=O) groups excluding carboxylic acids is 4. The van der Waals surface area contributed by atoms with Gasteiger partial charge >= 0.3 is 6.09 Å². The van der Waals surface area contributed by atoms with Crippen LogP contribution < -0.4 is 20.7 Å². The molecule has 0 bridgehead atoms. The van der Waals surface area contributed by atoms with Crippen LogP contribution in [0.4, 0.5) is 10.5 Å². The SMILES string of the molecule is CC(=O)N[C@H](C(=O)N1CCC[C@H]1C(=O)N[C@H](NC(=O)Oc1ccc([N+](=O)[O-])cc1)C(C)C)C(C)C. The molecular formula is C23H33N5O7. The minimum atomic E-state index is -0.845. The number of benzene rings is 1. The molecule has 3 N–H and O–H groups in total. The minimum absolute atomic E-state index is 0.104. The molecule has 4 amide bonds. The van der Waals surface area contributed by atoms with Crippen molar-refractivity contribution in [2.75, 3.05) is 6.54 Å². The second-order valence-electron chi connectivity index (χ2n) is 9.13. The van der Waals surface area contributed by atoms with Gasteiger partial charge in [-0.15, -0.1) is 0 Å². The Labute approximate surface area is 203 Å². The first kappa shape index (κ1) is 27.5. The van der Waals surface area contributed by atoms with E-state index >= 15 is 0 Å². The van der Waals surface area contributed by atoms with Gasteiger partial charge in [0, 0.05) is 25.6 Å². The smallest absolute Gasteiger partial charge is 0.410 e. The summed E-state index contributed by atoms with van der Waals surface area (Å²) in [5, 5.41) is 18.8. The van der Waals surface area contributed by atoms with Gasteiger partial charge in [-0.25, -0.2) is 4.79 Å². The molecule has 12 heteroatoms. The molecule has 35 heavy (non-hydrogen) atoms. The third-order valence-electron chi connectivity index (χ3n) is 5.63. The van der Waals surface area contributed by atoms with Gasteiger partial charge in [0.25, 0.3) is 5.69 Å². The van der Waals surface area contributed by atoms with Crippen LogP contribution in [0.2, 0.25) is 0 Å². The minimum Gasteiger partial charge on any atom is -0.410 e. The normalized spacial score (nSPS) is 17.0. The lowest BCUT2D eigenvalue weighted by atomic mass is 10.0. The van der Waals surface area contributed by atoms with Crippen molar-refractivity contribution in [3.05, 3.63) is 34.4 Å². The number of hydrogen-bond acceptors (Lipinski definition) is 7. The first-order valence-electron chi connectivity index (χ1n) is 11.5. The molecule has 0 unspecified atom stereocenters. The molecule has 0 aromatic heterocycles. The lowest BCUT2D eigenvalue weighted by Gasteiger charge is -2.32. The molecule has 1 heterocycles. The lowest BCUT2D eigenvalue weighted by Crippen LogP contribution is -2.58. The maximum absolute atomic E-state index is 13.1. The first-order valence-corrected chi connectivity index (χ1v) is 11.5. The van der Waals surface area contributed by atoms with Crippen molar-refractivity contribution < 1.29 is 28.8 Å². The number of nitrogens with one attached hydrogen (secondary N) is 3. The van der Waals surface area contributed by atoms with Gasteiger partial charge in [0.15, 0.2) is 0 Å². The van der Waals surface area contributed by atoms with Crippen LogP contribution in [-0.2, 0) is 14.4 Å². The van der Waals surface area contributed by atoms with Crippen molar-refractivity contribution >= 4 is 29.5 Å². The molecule has 1 fully saturated rings. The summed E-state index contributed by atoms with van der Waals surface area (Å²) in [6.45, 7) is 8.95. The molecule has 2 rings (SSSR count). The Morgan fingerprint density at radius 1 is 1.03 bits per heavy atom. The number of hydrogen-bond donors (Lipinski definition) is 3. The third kappa shape index (κ3) is 7.66. The van der Waals surface area contributed by atoms with Gasteiger partial charge in [0.1, 0.15) is 24.0 Å². The molecule has 0 aliphatic carbocycles. The average Bonchev–Trinajstić information content (AvgIpc) is 3.26. The van der Waals surface area contributed by atoms with Gasteiger partial charge in [-0.1, -0.05) is 27.7 Å². The molecule has 192 valence electrons. The highest BCUT2D eigenvalue weighted by molar-refractivity contribution is 5.92. The number of ether oxygens (including phenoxy) is 1. The summed E-state index contributed by atoms with van der Waals surface area (Å²) >= 11 is 0. The fraction of sp³-hybridized carbons (Fsp3) is 0.565. The molecule has 0 radical (unpaired) electrons. The van der Waals surface area contributed by atoms with Gasteiger partial charge in [-0.3, -0.25) is 24.5 Å². The fourth-order valence-corrected chi connectivity index (χ4v) is 3.73. The Morgan fingerprint density at radius 3 is 2.17 bits per heavy atom. The van der Waals surface area contributed by atoms with Crippen LogP contribution in [-0.4, -0.2) is 58.4 Å². The molecule has 1 aromatic carbocycles. The number of carbonyl (C=O) groups is 4. The number of nitrogens with zero attached hydrogens (tertiary/aromatic N) is 2. The highest BCUT2D eigenvalue weighted by atomic mass is 16.6. The second kappa shape index (κ2) is 12.1. The van der Waals surface area contributed by atoms with Crippen LogP contribution >= 0.6 is 0 Å². The van der Waals surface area contributed by atoms with Gasteiger partial charge in [0.05, 0.1) is 4.92 Å². The summed E-state index contributed by atoms with van der Waals surface area (Å²) in [5.41, 5.74) is -0.140. The second-order valence-corrected chi connectivity index (χ2v) is 9.13. The van der Waals surface area contributed by atoms with Crippen molar-refractivity contribution in [2.24, 2.45) is 11.8 Å². The molecule has 3 atom stereocenters. The monoisotopic (exact) mass is 491 g/mol. The molecule has 12 nitrogen and oxygen atoms in total. The molecule has 1 saturated heterocycles. The highest BCUT2D eigenvalue weighted by Crippen LogP contribution is 2.21. The quantitative estimate of drug-likeness (QED) is 0.270. The number of rotatable bonds is 9. The Balaban J connectivity index is 2.04. The number of amides is 4. The van der Waals surface area contributed by atoms with Gasteiger partial charge in [-0.05, 0) is 36.8 Å². The number of non-ortho nitro benzene ring substituents is 1. The van der Waals surface area contributed by atoms with Gasteiger partial charge in [-0.2, -0.15) is 0 Å². The van der Waals surface area contributed by atoms with E-state index in [9.17, 15) is 29.3 Å². The number of nitro benzene ring substituents is 1. The predicted molar refractivity (Wildman–Crippen MR) is 126 cm³/mol. The van der Waals surface area contributed by atoms with Crippen LogP contribution in [0.3, 0.4) is 0 Å². The zero-order chi connectivity index (χ0) is 26.3. The first-order chi connectivity index (χ1) is 16.4. The highest BCUT2D eigenvalue weighted by Gasteiger charge is 2.39. The topological polar surface area (TPSA) is 160 Å². The van der Waals surface area contributed by atoms with Gasteiger partial charge < -0.3 is 25.6 Å². The third-order valence-corrected chi connectivity index (χ3v) is 5.63. The van der Waals surface area contributed by atoms with E-state index in [1.165, 1.54) is 36.1 Å².